The van der Waals surface area contributed by atoms with Crippen molar-refractivity contribution in [3.63, 3.8) is 0 Å². The number of hydrogen-bond acceptors (Lipinski definition) is 19. The molecule has 2 aromatic heterocycles. The molecular weight excluding hydrogens is 804 g/mol. The van der Waals surface area contributed by atoms with Crippen LogP contribution in [0.1, 0.15) is 25.5 Å². The first kappa shape index (κ1) is 48.4. The Morgan fingerprint density at radius 3 is 2.04 bits per heavy atom. The van der Waals surface area contributed by atoms with Crippen LogP contribution in [0.2, 0.25) is 5.28 Å². The Morgan fingerprint density at radius 1 is 0.943 bits per heavy atom. The van der Waals surface area contributed by atoms with Gasteiger partial charge in [-0.1, -0.05) is 7.43 Å². The molecule has 5 N–H and O–H groups in total. The van der Waals surface area contributed by atoms with Gasteiger partial charge in [0.25, 0.3) is 5.56 Å². The third-order valence-corrected chi connectivity index (χ3v) is 9.90. The molecule has 0 unspecified atom stereocenters. The molecule has 0 aliphatic rings. The monoisotopic (exact) mass is 833 g/mol. The molecule has 0 saturated carbocycles. The smallest absolute Gasteiger partial charge is 0.744 e. The summed E-state index contributed by atoms with van der Waals surface area (Å²) in [7, 11) is -14.1. The van der Waals surface area contributed by atoms with Crippen LogP contribution in [-0.2, 0) is 47.6 Å². The van der Waals surface area contributed by atoms with Gasteiger partial charge in [-0.05, 0) is 73.5 Å². The van der Waals surface area contributed by atoms with E-state index in [2.05, 4.69) is 40.0 Å². The summed E-state index contributed by atoms with van der Waals surface area (Å²) >= 11 is 6.06. The number of nitrogens with one attached hydrogen (secondary N) is 2. The van der Waals surface area contributed by atoms with E-state index in [0.717, 1.165) is 16.7 Å². The molecular formula is C27H30ClN9Na2O11S3. The van der Waals surface area contributed by atoms with E-state index in [1.807, 2.05) is 0 Å². The largest absolute Gasteiger partial charge is 1.00 e. The third-order valence-electron chi connectivity index (χ3n) is 6.70. The zero-order valence-electron chi connectivity index (χ0n) is 27.8. The Kier molecular flexibility index (Phi) is 18.1. The fourth-order valence-corrected chi connectivity index (χ4v) is 6.56. The normalized spacial score (nSPS) is 11.7. The summed E-state index contributed by atoms with van der Waals surface area (Å²) in [6.45, 7) is 2.13. The third kappa shape index (κ3) is 12.7. The minimum atomic E-state index is -5.08. The summed E-state index contributed by atoms with van der Waals surface area (Å²) in [5.41, 5.74) is 5.09. The van der Waals surface area contributed by atoms with Crippen molar-refractivity contribution in [1.29, 1.82) is 0 Å². The number of hydrogen-bond donors (Lipinski definition) is 4. The average molecular weight is 834 g/mol. The zero-order chi connectivity index (χ0) is 37.0. The first-order valence-corrected chi connectivity index (χ1v) is 18.7. The van der Waals surface area contributed by atoms with Crippen LogP contribution in [0.3, 0.4) is 0 Å². The van der Waals surface area contributed by atoms with Gasteiger partial charge in [0.05, 0.1) is 22.2 Å². The minimum Gasteiger partial charge on any atom is -0.744 e. The number of sulfone groups is 1. The van der Waals surface area contributed by atoms with E-state index in [4.69, 9.17) is 17.3 Å². The summed E-state index contributed by atoms with van der Waals surface area (Å²) in [6.07, 6.45) is 0. The molecule has 0 aliphatic heterocycles. The Hall–Kier alpha value is -2.62. The van der Waals surface area contributed by atoms with Crippen molar-refractivity contribution in [2.24, 2.45) is 16.0 Å². The van der Waals surface area contributed by atoms with Gasteiger partial charge in [0.1, 0.15) is 15.8 Å². The van der Waals surface area contributed by atoms with E-state index in [-0.39, 0.29) is 136 Å². The van der Waals surface area contributed by atoms with Gasteiger partial charge in [-0.3, -0.25) is 13.5 Å². The van der Waals surface area contributed by atoms with Gasteiger partial charge >= 0.3 is 59.1 Å². The molecule has 20 nitrogen and oxygen atoms in total. The van der Waals surface area contributed by atoms with Gasteiger partial charge in [0.2, 0.25) is 27.6 Å². The Bertz CT molecular complexity index is 2370. The number of aromatic nitrogens is 4. The van der Waals surface area contributed by atoms with Gasteiger partial charge in [0, 0.05) is 30.0 Å². The summed E-state index contributed by atoms with van der Waals surface area (Å²) < 4.78 is 97.5. The Morgan fingerprint density at radius 2 is 1.51 bits per heavy atom. The number of halogens is 1. The molecule has 26 heteroatoms. The number of anilines is 4. The molecule has 2 heterocycles. The van der Waals surface area contributed by atoms with Crippen LogP contribution in [0.15, 0.2) is 67.3 Å². The van der Waals surface area contributed by atoms with Crippen molar-refractivity contribution in [3.8, 4) is 5.88 Å². The molecule has 276 valence electrons. The van der Waals surface area contributed by atoms with Gasteiger partial charge in [0.15, 0.2) is 21.4 Å². The van der Waals surface area contributed by atoms with E-state index < -0.39 is 58.9 Å². The predicted octanol–water partition coefficient (Wildman–Crippen LogP) is -3.12. The Balaban J connectivity index is 0.00000468. The summed E-state index contributed by atoms with van der Waals surface area (Å²) in [6, 6.07) is 8.33. The first-order valence-electron chi connectivity index (χ1n) is 13.9. The molecule has 2 aromatic carbocycles. The molecule has 0 bridgehead atoms. The van der Waals surface area contributed by atoms with E-state index >= 15 is 0 Å². The molecule has 0 spiro atoms. The topological polar surface area (TPSA) is 313 Å². The van der Waals surface area contributed by atoms with Crippen LogP contribution >= 0.6 is 11.6 Å². The number of aromatic hydroxyl groups is 1. The van der Waals surface area contributed by atoms with Crippen LogP contribution in [0.4, 0.5) is 34.6 Å². The second kappa shape index (κ2) is 19.8. The van der Waals surface area contributed by atoms with Crippen molar-refractivity contribution in [2.75, 3.05) is 23.0 Å². The second-order valence-corrected chi connectivity index (χ2v) is 14.8. The van der Waals surface area contributed by atoms with Gasteiger partial charge in [-0.2, -0.15) is 15.0 Å². The molecule has 0 aliphatic carbocycles. The Labute approximate surface area is 353 Å². The quantitative estimate of drug-likeness (QED) is 0.0423. The zero-order valence-corrected chi connectivity index (χ0v) is 35.0. The summed E-state index contributed by atoms with van der Waals surface area (Å²) in [4.78, 5) is 24.1. The average Bonchev–Trinajstić information content (AvgIpc) is 3.00. The van der Waals surface area contributed by atoms with Crippen LogP contribution in [-0.4, -0.2) is 71.3 Å². The molecule has 0 atom stereocenters. The predicted molar refractivity (Wildman–Crippen MR) is 182 cm³/mol. The summed E-state index contributed by atoms with van der Waals surface area (Å²) in [5.74, 6) is -1.41. The number of rotatable bonds is 14. The van der Waals surface area contributed by atoms with Crippen molar-refractivity contribution in [3.05, 3.63) is 69.2 Å². The number of nitrogens with zero attached hydrogens (tertiary/aromatic N) is 6. The maximum absolute atomic E-state index is 13.0. The minimum absolute atomic E-state index is 0. The fraction of sp³-hybridized carbons (Fsp3) is 0.259. The van der Waals surface area contributed by atoms with E-state index in [9.17, 15) is 44.3 Å². The van der Waals surface area contributed by atoms with E-state index in [1.165, 1.54) is 37.3 Å². The molecule has 0 fully saturated rings. The van der Waals surface area contributed by atoms with Crippen LogP contribution < -0.4 is 81.0 Å². The van der Waals surface area contributed by atoms with Gasteiger partial charge in [-0.25, -0.2) is 25.3 Å². The van der Waals surface area contributed by atoms with Gasteiger partial charge < -0.3 is 30.6 Å². The van der Waals surface area contributed by atoms with E-state index in [0.29, 0.717) is 0 Å². The van der Waals surface area contributed by atoms with Crippen LogP contribution in [0.5, 0.6) is 5.88 Å². The van der Waals surface area contributed by atoms with Gasteiger partial charge in [-0.15, -0.1) is 10.2 Å². The second-order valence-electron chi connectivity index (χ2n) is 9.94. The molecule has 0 radical (unpaired) electrons. The molecule has 0 saturated heterocycles. The van der Waals surface area contributed by atoms with Crippen molar-refractivity contribution in [2.45, 2.75) is 44.2 Å². The van der Waals surface area contributed by atoms with Crippen molar-refractivity contribution < 1.29 is 103 Å². The first-order chi connectivity index (χ1) is 23.3. The van der Waals surface area contributed by atoms with E-state index in [1.54, 1.807) is 6.92 Å². The van der Waals surface area contributed by atoms with Crippen molar-refractivity contribution in [1.82, 2.24) is 19.5 Å². The standard InChI is InChI=1S/C26H28ClN9O11S3.CH4.2Na/c1-3-36-22(37)18(13-28)14(2)21(23(36)38)35-34-19-12-16(6-9-20(19)49(41,42)43)30-26-32-24(27)31-25(33-26)29-15-4-7-17(8-5-15)48(39,40)11-10-47-50(44,45)46;;;/h4-9,12,37H,3,10-11,13,28H2,1-2H3,(H,41,42,43)(H,44,45,46)(H2,29,30,31,32,33);1H4;;/q;;2*+1/p-2. The van der Waals surface area contributed by atoms with Crippen LogP contribution in [0, 0.1) is 6.92 Å². The molecule has 53 heavy (non-hydrogen) atoms. The number of pyridine rings is 1. The molecule has 4 aromatic rings. The maximum atomic E-state index is 13.0. The fourth-order valence-electron chi connectivity index (χ4n) is 4.33. The maximum Gasteiger partial charge on any atom is 1.00 e. The molecule has 4 rings (SSSR count). The van der Waals surface area contributed by atoms with Crippen LogP contribution in [0.25, 0.3) is 0 Å². The number of nitrogens with two attached hydrogens (primary N) is 1. The molecule has 0 amide bonds. The SMILES string of the molecule is C.CCn1c(O)c(CN)c(C)c(N=Nc2cc(Nc3nc(Cl)nc(Nc4ccc(S(=O)(=O)CCOS(=O)(=O)[O-])cc4)n3)ccc2S(=O)(=O)[O-])c1=O.[Na+].[Na+]. The summed E-state index contributed by atoms with van der Waals surface area (Å²) in [5, 5.41) is 23.4. The number of benzene rings is 2. The van der Waals surface area contributed by atoms with Crippen molar-refractivity contribution >= 4 is 76.6 Å². The number of azo groups is 1.